The largest absolute Gasteiger partial charge is 0.488 e. The second-order valence-corrected chi connectivity index (χ2v) is 7.34. The number of fused-ring (bicyclic) bond motifs is 2. The summed E-state index contributed by atoms with van der Waals surface area (Å²) in [4.78, 5) is 6.88. The highest BCUT2D eigenvalue weighted by molar-refractivity contribution is 5.76. The predicted octanol–water partition coefficient (Wildman–Crippen LogP) is 2.40. The fourth-order valence-corrected chi connectivity index (χ4v) is 3.80. The number of hydrogen-bond donors (Lipinski definition) is 1. The summed E-state index contributed by atoms with van der Waals surface area (Å²) in [6.07, 6.45) is 7.33. The van der Waals surface area contributed by atoms with Gasteiger partial charge in [-0.25, -0.2) is 9.37 Å². The molecule has 1 atom stereocenters. The van der Waals surface area contributed by atoms with E-state index < -0.39 is 0 Å². The number of likely N-dealkylation sites (N-methyl/N-ethyl adjacent to an activating group) is 1. The van der Waals surface area contributed by atoms with Crippen molar-refractivity contribution in [3.63, 3.8) is 0 Å². The van der Waals surface area contributed by atoms with Crippen LogP contribution < -0.4 is 10.1 Å². The lowest BCUT2D eigenvalue weighted by Gasteiger charge is -2.22. The summed E-state index contributed by atoms with van der Waals surface area (Å²) in [5.41, 5.74) is 3.98. The van der Waals surface area contributed by atoms with Gasteiger partial charge in [0.15, 0.2) is 5.65 Å². The zero-order valence-corrected chi connectivity index (χ0v) is 15.6. The van der Waals surface area contributed by atoms with Crippen molar-refractivity contribution in [2.45, 2.75) is 18.9 Å². The second-order valence-electron chi connectivity index (χ2n) is 7.34. The van der Waals surface area contributed by atoms with Crippen LogP contribution >= 0.6 is 0 Å². The van der Waals surface area contributed by atoms with E-state index in [1.165, 1.54) is 17.7 Å². The predicted molar refractivity (Wildman–Crippen MR) is 104 cm³/mol. The minimum atomic E-state index is -0.234. The molecule has 0 fully saturated rings. The summed E-state index contributed by atoms with van der Waals surface area (Å²) in [6.45, 7) is 2.51. The lowest BCUT2D eigenvalue weighted by atomic mass is 10.0. The van der Waals surface area contributed by atoms with E-state index in [1.807, 2.05) is 10.6 Å². The van der Waals surface area contributed by atoms with Crippen molar-refractivity contribution in [2.24, 2.45) is 0 Å². The van der Waals surface area contributed by atoms with Crippen molar-refractivity contribution >= 4 is 17.2 Å². The van der Waals surface area contributed by atoms with Gasteiger partial charge in [0.05, 0.1) is 6.54 Å². The van der Waals surface area contributed by atoms with Crippen LogP contribution in [0.3, 0.4) is 0 Å². The Balaban J connectivity index is 1.34. The Bertz CT molecular complexity index is 1060. The number of hydrogen-bond acceptors (Lipinski definition) is 6. The highest BCUT2D eigenvalue weighted by atomic mass is 19.1. The van der Waals surface area contributed by atoms with Crippen molar-refractivity contribution in [3.05, 3.63) is 53.7 Å². The SMILES string of the molecule is CN1CC=C(c2cnc(NCC3Cc4cc(F)ccc4O3)n3cnnc23)CC1. The third kappa shape index (κ3) is 3.09. The molecule has 0 radical (unpaired) electrons. The first kappa shape index (κ1) is 17.1. The van der Waals surface area contributed by atoms with Crippen LogP contribution in [-0.2, 0) is 6.42 Å². The van der Waals surface area contributed by atoms with E-state index in [0.717, 1.165) is 42.0 Å². The topological polar surface area (TPSA) is 67.6 Å². The minimum Gasteiger partial charge on any atom is -0.488 e. The molecule has 0 spiro atoms. The van der Waals surface area contributed by atoms with Crippen LogP contribution in [0.25, 0.3) is 11.2 Å². The maximum Gasteiger partial charge on any atom is 0.210 e. The fourth-order valence-electron chi connectivity index (χ4n) is 3.80. The molecule has 1 aromatic carbocycles. The van der Waals surface area contributed by atoms with Crippen LogP contribution in [0.15, 0.2) is 36.8 Å². The molecule has 2 aliphatic heterocycles. The zero-order valence-electron chi connectivity index (χ0n) is 15.6. The number of benzene rings is 1. The first-order valence-corrected chi connectivity index (χ1v) is 9.43. The molecule has 0 amide bonds. The number of nitrogens with one attached hydrogen (secondary N) is 1. The molecule has 2 aromatic heterocycles. The quantitative estimate of drug-likeness (QED) is 0.750. The standard InChI is InChI=1S/C20H21FN6O/c1-26-6-4-13(5-7-26)17-11-23-20(27-12-24-25-19(17)27)22-10-16-9-14-8-15(21)2-3-18(14)28-16/h2-4,8,11-12,16H,5-7,9-10H2,1H3,(H,22,23). The zero-order chi connectivity index (χ0) is 19.1. The van der Waals surface area contributed by atoms with Crippen LogP contribution in [0.1, 0.15) is 17.5 Å². The van der Waals surface area contributed by atoms with Gasteiger partial charge in [-0.15, -0.1) is 10.2 Å². The van der Waals surface area contributed by atoms with E-state index >= 15 is 0 Å². The van der Waals surface area contributed by atoms with Crippen LogP contribution in [0.2, 0.25) is 0 Å². The number of rotatable bonds is 4. The summed E-state index contributed by atoms with van der Waals surface area (Å²) < 4.78 is 21.2. The van der Waals surface area contributed by atoms with Gasteiger partial charge < -0.3 is 15.0 Å². The second kappa shape index (κ2) is 6.87. The van der Waals surface area contributed by atoms with Crippen molar-refractivity contribution in [3.8, 4) is 5.75 Å². The normalized spacial score (nSPS) is 19.4. The van der Waals surface area contributed by atoms with Gasteiger partial charge in [-0.2, -0.15) is 0 Å². The lowest BCUT2D eigenvalue weighted by molar-refractivity contribution is 0.246. The summed E-state index contributed by atoms with van der Waals surface area (Å²) in [7, 11) is 2.11. The molecule has 2 aliphatic rings. The maximum atomic E-state index is 13.4. The molecule has 144 valence electrons. The van der Waals surface area contributed by atoms with Gasteiger partial charge in [0.25, 0.3) is 0 Å². The first-order chi connectivity index (χ1) is 13.7. The number of aromatic nitrogens is 4. The van der Waals surface area contributed by atoms with E-state index in [1.54, 1.807) is 12.4 Å². The number of nitrogens with zero attached hydrogens (tertiary/aromatic N) is 5. The fraction of sp³-hybridized carbons (Fsp3) is 0.350. The van der Waals surface area contributed by atoms with Crippen LogP contribution in [0, 0.1) is 5.82 Å². The summed E-state index contributed by atoms with van der Waals surface area (Å²) in [5, 5.41) is 11.7. The molecule has 0 aliphatic carbocycles. The third-order valence-corrected chi connectivity index (χ3v) is 5.34. The van der Waals surface area contributed by atoms with Crippen LogP contribution in [0.5, 0.6) is 5.75 Å². The first-order valence-electron chi connectivity index (χ1n) is 9.43. The highest BCUT2D eigenvalue weighted by Crippen LogP contribution is 2.30. The minimum absolute atomic E-state index is 0.0682. The smallest absolute Gasteiger partial charge is 0.210 e. The molecule has 1 N–H and O–H groups in total. The molecule has 1 unspecified atom stereocenters. The number of halogens is 1. The Morgan fingerprint density at radius 1 is 1.36 bits per heavy atom. The van der Waals surface area contributed by atoms with E-state index in [-0.39, 0.29) is 11.9 Å². The molecule has 8 heteroatoms. The lowest BCUT2D eigenvalue weighted by Crippen LogP contribution is -2.25. The van der Waals surface area contributed by atoms with Crippen LogP contribution in [-0.4, -0.2) is 57.3 Å². The van der Waals surface area contributed by atoms with Gasteiger partial charge >= 0.3 is 0 Å². The van der Waals surface area contributed by atoms with Crippen molar-refractivity contribution in [2.75, 3.05) is 32.0 Å². The van der Waals surface area contributed by atoms with Crippen molar-refractivity contribution in [1.29, 1.82) is 0 Å². The van der Waals surface area contributed by atoms with Gasteiger partial charge in [0, 0.05) is 36.8 Å². The molecular weight excluding hydrogens is 359 g/mol. The van der Waals surface area contributed by atoms with Crippen molar-refractivity contribution < 1.29 is 9.13 Å². The number of ether oxygens (including phenoxy) is 1. The monoisotopic (exact) mass is 380 g/mol. The average molecular weight is 380 g/mol. The molecule has 0 saturated heterocycles. The summed E-state index contributed by atoms with van der Waals surface area (Å²) in [6, 6.07) is 4.65. The molecule has 0 bridgehead atoms. The molecule has 5 rings (SSSR count). The molecule has 7 nitrogen and oxygen atoms in total. The average Bonchev–Trinajstić information content (AvgIpc) is 3.33. The summed E-state index contributed by atoms with van der Waals surface area (Å²) >= 11 is 0. The van der Waals surface area contributed by atoms with Gasteiger partial charge in [-0.1, -0.05) is 6.08 Å². The van der Waals surface area contributed by atoms with E-state index in [4.69, 9.17) is 4.74 Å². The van der Waals surface area contributed by atoms with E-state index in [9.17, 15) is 4.39 Å². The molecule has 4 heterocycles. The highest BCUT2D eigenvalue weighted by Gasteiger charge is 2.24. The van der Waals surface area contributed by atoms with Crippen molar-refractivity contribution in [1.82, 2.24) is 24.5 Å². The molecular formula is C20H21FN6O. The summed E-state index contributed by atoms with van der Waals surface area (Å²) in [5.74, 6) is 1.19. The third-order valence-electron chi connectivity index (χ3n) is 5.34. The van der Waals surface area contributed by atoms with Gasteiger partial charge in [-0.3, -0.25) is 4.40 Å². The Morgan fingerprint density at radius 3 is 3.14 bits per heavy atom. The Hall–Kier alpha value is -3.00. The van der Waals surface area contributed by atoms with Gasteiger partial charge in [0.1, 0.15) is 24.0 Å². The van der Waals surface area contributed by atoms with Crippen LogP contribution in [0.4, 0.5) is 10.3 Å². The Kier molecular flexibility index (Phi) is 4.20. The van der Waals surface area contributed by atoms with Gasteiger partial charge in [-0.05, 0) is 37.2 Å². The van der Waals surface area contributed by atoms with E-state index in [0.29, 0.717) is 18.9 Å². The van der Waals surface area contributed by atoms with E-state index in [2.05, 4.69) is 38.5 Å². The number of anilines is 1. The Morgan fingerprint density at radius 2 is 2.29 bits per heavy atom. The maximum absolute atomic E-state index is 13.4. The molecule has 3 aromatic rings. The molecule has 28 heavy (non-hydrogen) atoms. The van der Waals surface area contributed by atoms with Gasteiger partial charge in [0.2, 0.25) is 5.95 Å². The Labute approximate surface area is 161 Å². The molecule has 0 saturated carbocycles.